The summed E-state index contributed by atoms with van der Waals surface area (Å²) in [6.45, 7) is 10.6. The maximum Gasteiger partial charge on any atom is 0.137 e. The monoisotopic (exact) mass is 483 g/mol. The second kappa shape index (κ2) is 9.86. The van der Waals surface area contributed by atoms with Gasteiger partial charge in [0, 0.05) is 37.5 Å². The number of morpholine rings is 1. The predicted octanol–water partition coefficient (Wildman–Crippen LogP) is 4.49. The molecule has 3 heterocycles. The molecule has 34 heavy (non-hydrogen) atoms. The number of ether oxygens (including phenoxy) is 3. The molecule has 2 aliphatic heterocycles. The van der Waals surface area contributed by atoms with Gasteiger partial charge in [-0.25, -0.2) is 4.98 Å². The fourth-order valence-electron chi connectivity index (χ4n) is 5.04. The number of rotatable bonds is 8. The molecule has 1 atom stereocenters. The van der Waals surface area contributed by atoms with E-state index < -0.39 is 0 Å². The van der Waals surface area contributed by atoms with Crippen molar-refractivity contribution in [3.8, 4) is 5.75 Å². The van der Waals surface area contributed by atoms with Gasteiger partial charge in [-0.3, -0.25) is 4.90 Å². The summed E-state index contributed by atoms with van der Waals surface area (Å²) in [6.07, 6.45) is 1.72. The standard InChI is InChI=1S/C27H34ClN3O3/c1-19(30-10-12-33-13-11-30)16-31-24-7-6-21(27(2)17-34-18-27)15-23(24)29-26(31)9-5-20-4-8-25(32-3)22(28)14-20/h4,6-8,14-15,19H,5,9-13,16-18H2,1-3H3/t19-/m0/s1. The molecule has 0 aliphatic carbocycles. The van der Waals surface area contributed by atoms with E-state index in [0.717, 1.165) is 70.2 Å². The number of halogens is 1. The summed E-state index contributed by atoms with van der Waals surface area (Å²) in [5.74, 6) is 1.83. The number of hydrogen-bond acceptors (Lipinski definition) is 5. The van der Waals surface area contributed by atoms with Crippen LogP contribution in [0.4, 0.5) is 0 Å². The highest BCUT2D eigenvalue weighted by atomic mass is 35.5. The summed E-state index contributed by atoms with van der Waals surface area (Å²) in [6, 6.07) is 13.2. The first-order chi connectivity index (χ1) is 16.5. The third kappa shape index (κ3) is 4.69. The van der Waals surface area contributed by atoms with E-state index in [2.05, 4.69) is 47.6 Å². The zero-order chi connectivity index (χ0) is 23.7. The van der Waals surface area contributed by atoms with Crippen LogP contribution >= 0.6 is 11.6 Å². The predicted molar refractivity (Wildman–Crippen MR) is 135 cm³/mol. The van der Waals surface area contributed by atoms with Gasteiger partial charge < -0.3 is 18.8 Å². The van der Waals surface area contributed by atoms with Gasteiger partial charge in [-0.15, -0.1) is 0 Å². The van der Waals surface area contributed by atoms with Crippen LogP contribution in [0.2, 0.25) is 5.02 Å². The molecule has 0 N–H and O–H groups in total. The second-order valence-electron chi connectivity index (χ2n) is 9.86. The number of imidazole rings is 1. The first-order valence-corrected chi connectivity index (χ1v) is 12.6. The first kappa shape index (κ1) is 23.6. The van der Waals surface area contributed by atoms with Gasteiger partial charge in [0.25, 0.3) is 0 Å². The van der Waals surface area contributed by atoms with Gasteiger partial charge in [-0.1, -0.05) is 30.7 Å². The number of hydrogen-bond donors (Lipinski definition) is 0. The highest BCUT2D eigenvalue weighted by molar-refractivity contribution is 6.32. The first-order valence-electron chi connectivity index (χ1n) is 12.2. The van der Waals surface area contributed by atoms with Gasteiger partial charge in [0.05, 0.1) is 49.6 Å². The molecular formula is C27H34ClN3O3. The van der Waals surface area contributed by atoms with E-state index in [9.17, 15) is 0 Å². The molecule has 6 nitrogen and oxygen atoms in total. The largest absolute Gasteiger partial charge is 0.495 e. The molecule has 0 saturated carbocycles. The highest BCUT2D eigenvalue weighted by Gasteiger charge is 2.35. The highest BCUT2D eigenvalue weighted by Crippen LogP contribution is 2.34. The van der Waals surface area contributed by atoms with Crippen molar-refractivity contribution in [2.45, 2.75) is 44.7 Å². The van der Waals surface area contributed by atoms with Crippen LogP contribution in [0, 0.1) is 0 Å². The van der Waals surface area contributed by atoms with Crippen molar-refractivity contribution >= 4 is 22.6 Å². The van der Waals surface area contributed by atoms with E-state index in [1.165, 1.54) is 16.6 Å². The molecule has 182 valence electrons. The third-order valence-electron chi connectivity index (χ3n) is 7.33. The molecular weight excluding hydrogens is 450 g/mol. The third-order valence-corrected chi connectivity index (χ3v) is 7.63. The number of fused-ring (bicyclic) bond motifs is 1. The van der Waals surface area contributed by atoms with Crippen molar-refractivity contribution < 1.29 is 14.2 Å². The van der Waals surface area contributed by atoms with Gasteiger partial charge in [0.2, 0.25) is 0 Å². The smallest absolute Gasteiger partial charge is 0.137 e. The van der Waals surface area contributed by atoms with Crippen molar-refractivity contribution in [1.82, 2.24) is 14.5 Å². The van der Waals surface area contributed by atoms with E-state index in [4.69, 9.17) is 30.8 Å². The van der Waals surface area contributed by atoms with Crippen LogP contribution in [-0.4, -0.2) is 67.1 Å². The van der Waals surface area contributed by atoms with Crippen LogP contribution in [0.15, 0.2) is 36.4 Å². The zero-order valence-electron chi connectivity index (χ0n) is 20.3. The molecule has 7 heteroatoms. The Balaban J connectivity index is 1.43. The lowest BCUT2D eigenvalue weighted by Crippen LogP contribution is -2.44. The quantitative estimate of drug-likeness (QED) is 0.472. The van der Waals surface area contributed by atoms with E-state index in [1.54, 1.807) is 7.11 Å². The summed E-state index contributed by atoms with van der Waals surface area (Å²) in [7, 11) is 1.64. The molecule has 2 aromatic carbocycles. The van der Waals surface area contributed by atoms with E-state index in [-0.39, 0.29) is 5.41 Å². The van der Waals surface area contributed by atoms with Crippen LogP contribution < -0.4 is 4.74 Å². The normalized spacial score (nSPS) is 19.2. The summed E-state index contributed by atoms with van der Waals surface area (Å²) < 4.78 is 18.8. The fourth-order valence-corrected chi connectivity index (χ4v) is 5.32. The van der Waals surface area contributed by atoms with E-state index >= 15 is 0 Å². The Morgan fingerprint density at radius 3 is 2.56 bits per heavy atom. The lowest BCUT2D eigenvalue weighted by Gasteiger charge is -2.38. The fraction of sp³-hybridized carbons (Fsp3) is 0.519. The minimum absolute atomic E-state index is 0.0963. The number of aromatic nitrogens is 2. The van der Waals surface area contributed by atoms with Gasteiger partial charge >= 0.3 is 0 Å². The van der Waals surface area contributed by atoms with Crippen molar-refractivity contribution in [3.05, 3.63) is 58.4 Å². The lowest BCUT2D eigenvalue weighted by atomic mass is 9.81. The van der Waals surface area contributed by atoms with Crippen molar-refractivity contribution in [3.63, 3.8) is 0 Å². The molecule has 0 spiro atoms. The number of nitrogens with zero attached hydrogens (tertiary/aromatic N) is 3. The van der Waals surface area contributed by atoms with Crippen LogP contribution in [0.1, 0.15) is 30.8 Å². The van der Waals surface area contributed by atoms with Crippen LogP contribution in [-0.2, 0) is 34.3 Å². The van der Waals surface area contributed by atoms with E-state index in [0.29, 0.717) is 16.8 Å². The summed E-state index contributed by atoms with van der Waals surface area (Å²) in [5.41, 5.74) is 4.87. The topological polar surface area (TPSA) is 48.8 Å². The van der Waals surface area contributed by atoms with E-state index in [1.807, 2.05) is 12.1 Å². The molecule has 2 aliphatic rings. The molecule has 5 rings (SSSR count). The molecule has 0 radical (unpaired) electrons. The summed E-state index contributed by atoms with van der Waals surface area (Å²) in [5, 5.41) is 0.648. The molecule has 2 fully saturated rings. The molecule has 3 aromatic rings. The maximum absolute atomic E-state index is 6.37. The Labute approximate surface area is 206 Å². The van der Waals surface area contributed by atoms with Crippen molar-refractivity contribution in [2.75, 3.05) is 46.6 Å². The molecule has 0 bridgehead atoms. The Morgan fingerprint density at radius 1 is 1.09 bits per heavy atom. The van der Waals surface area contributed by atoms with Crippen LogP contribution in [0.25, 0.3) is 11.0 Å². The summed E-state index contributed by atoms with van der Waals surface area (Å²) >= 11 is 6.37. The maximum atomic E-state index is 6.37. The average Bonchev–Trinajstić information content (AvgIpc) is 3.18. The number of methoxy groups -OCH3 is 1. The zero-order valence-corrected chi connectivity index (χ0v) is 21.1. The van der Waals surface area contributed by atoms with Crippen molar-refractivity contribution in [1.29, 1.82) is 0 Å². The second-order valence-corrected chi connectivity index (χ2v) is 10.3. The Hall–Kier alpha value is -2.12. The number of benzene rings is 2. The molecule has 0 amide bonds. The molecule has 0 unspecified atom stereocenters. The Bertz CT molecular complexity index is 1150. The summed E-state index contributed by atoms with van der Waals surface area (Å²) in [4.78, 5) is 7.65. The van der Waals surface area contributed by atoms with Gasteiger partial charge in [-0.2, -0.15) is 0 Å². The molecule has 1 aromatic heterocycles. The van der Waals surface area contributed by atoms with Gasteiger partial charge in [-0.05, 0) is 48.7 Å². The SMILES string of the molecule is COc1ccc(CCc2nc3cc(C4(C)COC4)ccc3n2C[C@H](C)N2CCOCC2)cc1Cl. The van der Waals surface area contributed by atoms with Gasteiger partial charge in [0.15, 0.2) is 0 Å². The number of aryl methyl sites for hydroxylation is 2. The Morgan fingerprint density at radius 2 is 1.88 bits per heavy atom. The van der Waals surface area contributed by atoms with Crippen LogP contribution in [0.3, 0.4) is 0 Å². The Kier molecular flexibility index (Phi) is 6.85. The van der Waals surface area contributed by atoms with Gasteiger partial charge in [0.1, 0.15) is 11.6 Å². The minimum Gasteiger partial charge on any atom is -0.495 e. The average molecular weight is 484 g/mol. The molecule has 2 saturated heterocycles. The minimum atomic E-state index is 0.0963. The van der Waals surface area contributed by atoms with Crippen molar-refractivity contribution in [2.24, 2.45) is 0 Å². The lowest BCUT2D eigenvalue weighted by molar-refractivity contribution is -0.0499. The van der Waals surface area contributed by atoms with Crippen LogP contribution in [0.5, 0.6) is 5.75 Å².